The Morgan fingerprint density at radius 1 is 1.24 bits per heavy atom. The maximum absolute atomic E-state index is 13.4. The fraction of sp³-hybridized carbons (Fsp3) is 0.565. The molecule has 1 heterocycles. The van der Waals surface area contributed by atoms with Crippen molar-refractivity contribution in [1.82, 2.24) is 9.80 Å². The normalized spacial score (nSPS) is 22.3. The molecule has 0 spiro atoms. The molecule has 1 aliphatic rings. The van der Waals surface area contributed by atoms with Gasteiger partial charge in [-0.1, -0.05) is 42.5 Å². The lowest BCUT2D eigenvalue weighted by Crippen LogP contribution is -2.54. The Morgan fingerprint density at radius 2 is 1.90 bits per heavy atom. The molecule has 1 aliphatic heterocycles. The first-order valence-corrected chi connectivity index (χ1v) is 10.1. The molecule has 2 atom stereocenters. The van der Waals surface area contributed by atoms with Gasteiger partial charge in [0, 0.05) is 12.6 Å². The lowest BCUT2D eigenvalue weighted by molar-refractivity contribution is -0.157. The average molecular weight is 403 g/mol. The van der Waals surface area contributed by atoms with Gasteiger partial charge in [-0.3, -0.25) is 4.90 Å². The summed E-state index contributed by atoms with van der Waals surface area (Å²) in [6.45, 7) is 7.97. The van der Waals surface area contributed by atoms with E-state index < -0.39 is 23.2 Å². The molecule has 1 aromatic rings. The Hall–Kier alpha value is -2.34. The van der Waals surface area contributed by atoms with Gasteiger partial charge in [-0.2, -0.15) is 0 Å². The predicted molar refractivity (Wildman–Crippen MR) is 113 cm³/mol. The van der Waals surface area contributed by atoms with Crippen LogP contribution >= 0.6 is 0 Å². The number of carbonyl (C=O) groups excluding carboxylic acids is 2. The molecule has 6 heteroatoms. The van der Waals surface area contributed by atoms with Crippen molar-refractivity contribution in [2.45, 2.75) is 64.3 Å². The third kappa shape index (κ3) is 5.82. The van der Waals surface area contributed by atoms with Crippen LogP contribution in [-0.2, 0) is 20.9 Å². The second-order valence-electron chi connectivity index (χ2n) is 8.78. The van der Waals surface area contributed by atoms with Crippen molar-refractivity contribution < 1.29 is 19.1 Å². The number of rotatable bonds is 6. The highest BCUT2D eigenvalue weighted by molar-refractivity contribution is 5.87. The number of carbonyl (C=O) groups is 2. The van der Waals surface area contributed by atoms with Gasteiger partial charge >= 0.3 is 12.1 Å². The number of ether oxygens (including phenoxy) is 2. The molecule has 1 unspecified atom stereocenters. The third-order valence-electron chi connectivity index (χ3n) is 5.11. The average Bonchev–Trinajstić information content (AvgIpc) is 3.05. The second kappa shape index (κ2) is 9.44. The maximum Gasteiger partial charge on any atom is 0.411 e. The SMILES string of the molecule is CC=CCC1(C(=O)OCc2ccccc2)C[C@@H](N(C)C)CN1C(=O)OC(C)(C)C. The van der Waals surface area contributed by atoms with E-state index in [0.29, 0.717) is 19.4 Å². The minimum absolute atomic E-state index is 0.0389. The molecule has 2 rings (SSSR count). The number of hydrogen-bond donors (Lipinski definition) is 0. The lowest BCUT2D eigenvalue weighted by Gasteiger charge is -2.36. The zero-order chi connectivity index (χ0) is 21.7. The third-order valence-corrected chi connectivity index (χ3v) is 5.11. The van der Waals surface area contributed by atoms with Crippen LogP contribution in [0.15, 0.2) is 42.5 Å². The summed E-state index contributed by atoms with van der Waals surface area (Å²) in [5.74, 6) is -0.394. The summed E-state index contributed by atoms with van der Waals surface area (Å²) in [7, 11) is 3.91. The highest BCUT2D eigenvalue weighted by Gasteiger charge is 2.55. The Balaban J connectivity index is 2.33. The summed E-state index contributed by atoms with van der Waals surface area (Å²) in [6.07, 6.45) is 4.21. The van der Waals surface area contributed by atoms with Crippen molar-refractivity contribution in [3.63, 3.8) is 0 Å². The van der Waals surface area contributed by atoms with Gasteiger partial charge in [0.1, 0.15) is 17.7 Å². The van der Waals surface area contributed by atoms with E-state index in [9.17, 15) is 9.59 Å². The topological polar surface area (TPSA) is 59.1 Å². The van der Waals surface area contributed by atoms with Crippen LogP contribution in [0.25, 0.3) is 0 Å². The van der Waals surface area contributed by atoms with Gasteiger partial charge in [-0.15, -0.1) is 0 Å². The number of likely N-dealkylation sites (tertiary alicyclic amines) is 1. The second-order valence-corrected chi connectivity index (χ2v) is 8.78. The summed E-state index contributed by atoms with van der Waals surface area (Å²) in [4.78, 5) is 30.0. The van der Waals surface area contributed by atoms with E-state index in [0.717, 1.165) is 5.56 Å². The van der Waals surface area contributed by atoms with Crippen molar-refractivity contribution in [3.05, 3.63) is 48.0 Å². The van der Waals surface area contributed by atoms with Crippen LogP contribution < -0.4 is 0 Å². The molecule has 0 aromatic heterocycles. The van der Waals surface area contributed by atoms with Crippen molar-refractivity contribution in [3.8, 4) is 0 Å². The number of benzene rings is 1. The molecule has 1 amide bonds. The number of allylic oxidation sites excluding steroid dienone is 1. The molecule has 0 radical (unpaired) electrons. The fourth-order valence-electron chi connectivity index (χ4n) is 3.50. The summed E-state index contributed by atoms with van der Waals surface area (Å²) in [5, 5.41) is 0. The highest BCUT2D eigenvalue weighted by Crippen LogP contribution is 2.37. The van der Waals surface area contributed by atoms with Crippen molar-refractivity contribution >= 4 is 12.1 Å². The van der Waals surface area contributed by atoms with Gasteiger partial charge in [0.25, 0.3) is 0 Å². The first kappa shape index (κ1) is 22.9. The minimum atomic E-state index is -1.08. The molecule has 1 saturated heterocycles. The van der Waals surface area contributed by atoms with Gasteiger partial charge in [-0.25, -0.2) is 9.59 Å². The molecule has 0 aliphatic carbocycles. The highest BCUT2D eigenvalue weighted by atomic mass is 16.6. The van der Waals surface area contributed by atoms with Crippen molar-refractivity contribution in [1.29, 1.82) is 0 Å². The van der Waals surface area contributed by atoms with Crippen LogP contribution in [0.4, 0.5) is 4.79 Å². The van der Waals surface area contributed by atoms with E-state index in [-0.39, 0.29) is 12.6 Å². The van der Waals surface area contributed by atoms with Gasteiger partial charge in [-0.05, 0) is 60.2 Å². The van der Waals surface area contributed by atoms with E-state index in [2.05, 4.69) is 0 Å². The Labute approximate surface area is 174 Å². The zero-order valence-corrected chi connectivity index (χ0v) is 18.5. The molecule has 29 heavy (non-hydrogen) atoms. The van der Waals surface area contributed by atoms with Gasteiger partial charge in [0.15, 0.2) is 0 Å². The molecule has 1 fully saturated rings. The molecule has 0 bridgehead atoms. The monoisotopic (exact) mass is 402 g/mol. The quantitative estimate of drug-likeness (QED) is 0.532. The van der Waals surface area contributed by atoms with Gasteiger partial charge in [0.05, 0.1) is 0 Å². The van der Waals surface area contributed by atoms with Gasteiger partial charge in [0.2, 0.25) is 0 Å². The molecule has 160 valence electrons. The van der Waals surface area contributed by atoms with Crippen LogP contribution in [0.5, 0.6) is 0 Å². The largest absolute Gasteiger partial charge is 0.459 e. The van der Waals surface area contributed by atoms with Crippen LogP contribution in [0.1, 0.15) is 46.1 Å². The summed E-state index contributed by atoms with van der Waals surface area (Å²) >= 11 is 0. The molecule has 1 aromatic carbocycles. The number of nitrogens with zero attached hydrogens (tertiary/aromatic N) is 2. The Bertz CT molecular complexity index is 724. The Morgan fingerprint density at radius 3 is 2.45 bits per heavy atom. The lowest BCUT2D eigenvalue weighted by atomic mass is 9.90. The minimum Gasteiger partial charge on any atom is -0.459 e. The molecular weight excluding hydrogens is 368 g/mol. The van der Waals surface area contributed by atoms with Crippen LogP contribution in [0, 0.1) is 0 Å². The molecule has 0 saturated carbocycles. The summed E-state index contributed by atoms with van der Waals surface area (Å²) in [5.41, 5.74) is -0.820. The van der Waals surface area contributed by atoms with E-state index in [1.54, 1.807) is 4.90 Å². The molecule has 6 nitrogen and oxygen atoms in total. The Kier molecular flexibility index (Phi) is 7.47. The number of hydrogen-bond acceptors (Lipinski definition) is 5. The summed E-state index contributed by atoms with van der Waals surface area (Å²) in [6, 6.07) is 9.59. The molecular formula is C23H34N2O4. The van der Waals surface area contributed by atoms with E-state index >= 15 is 0 Å². The van der Waals surface area contributed by atoms with Crippen LogP contribution in [0.2, 0.25) is 0 Å². The fourth-order valence-corrected chi connectivity index (χ4v) is 3.50. The zero-order valence-electron chi connectivity index (χ0n) is 18.5. The van der Waals surface area contributed by atoms with Crippen LogP contribution in [0.3, 0.4) is 0 Å². The van der Waals surface area contributed by atoms with Gasteiger partial charge < -0.3 is 14.4 Å². The molecule has 0 N–H and O–H groups in total. The summed E-state index contributed by atoms with van der Waals surface area (Å²) < 4.78 is 11.3. The van der Waals surface area contributed by atoms with Crippen molar-refractivity contribution in [2.75, 3.05) is 20.6 Å². The van der Waals surface area contributed by atoms with Crippen molar-refractivity contribution in [2.24, 2.45) is 0 Å². The maximum atomic E-state index is 13.4. The van der Waals surface area contributed by atoms with E-state index in [1.165, 1.54) is 0 Å². The smallest absolute Gasteiger partial charge is 0.411 e. The first-order chi connectivity index (χ1) is 13.6. The number of esters is 1. The van der Waals surface area contributed by atoms with E-state index in [4.69, 9.17) is 9.47 Å². The number of likely N-dealkylation sites (N-methyl/N-ethyl adjacent to an activating group) is 1. The predicted octanol–water partition coefficient (Wildman–Crippen LogP) is 4.01. The van der Waals surface area contributed by atoms with E-state index in [1.807, 2.05) is 89.2 Å². The van der Waals surface area contributed by atoms with Crippen LogP contribution in [-0.4, -0.2) is 59.7 Å². The number of amides is 1. The first-order valence-electron chi connectivity index (χ1n) is 10.1. The standard InChI is InChI=1S/C23H34N2O4/c1-7-8-14-23(20(26)28-17-18-12-10-9-11-13-18)15-19(24(5)6)16-25(23)21(27)29-22(2,3)4/h7-13,19H,14-17H2,1-6H3/t19-,23?/m1/s1.